The molecule has 1 amide bonds. The summed E-state index contributed by atoms with van der Waals surface area (Å²) < 4.78 is 24.7. The van der Waals surface area contributed by atoms with Crippen LogP contribution in [0.2, 0.25) is 0 Å². The lowest BCUT2D eigenvalue weighted by Gasteiger charge is -2.27. The molecule has 2 saturated heterocycles. The highest BCUT2D eigenvalue weighted by atomic mass is 19.1. The molecular weight excluding hydrogens is 351 g/mol. The fraction of sp³-hybridized carbons (Fsp3) is 0.421. The molecule has 1 unspecified atom stereocenters. The molecule has 2 fully saturated rings. The Morgan fingerprint density at radius 3 is 2.85 bits per heavy atom. The Kier molecular flexibility index (Phi) is 5.15. The number of rotatable bonds is 4. The smallest absolute Gasteiger partial charge is 0.254 e. The van der Waals surface area contributed by atoms with Gasteiger partial charge in [-0.3, -0.25) is 4.79 Å². The van der Waals surface area contributed by atoms with Crippen molar-refractivity contribution < 1.29 is 18.7 Å². The van der Waals surface area contributed by atoms with Crippen molar-refractivity contribution in [2.45, 2.75) is 12.5 Å². The van der Waals surface area contributed by atoms with Crippen molar-refractivity contribution in [1.82, 2.24) is 14.9 Å². The largest absolute Gasteiger partial charge is 0.472 e. The van der Waals surface area contributed by atoms with Gasteiger partial charge in [0.15, 0.2) is 0 Å². The number of amides is 1. The van der Waals surface area contributed by atoms with Crippen LogP contribution < -0.4 is 9.64 Å². The SMILES string of the molecule is O=C(c1cccc(F)c1)N1CCC(Oc2cc(N3CCOCC3)ncn2)C1. The molecule has 4 rings (SSSR count). The highest BCUT2D eigenvalue weighted by Gasteiger charge is 2.29. The second kappa shape index (κ2) is 7.87. The second-order valence-corrected chi connectivity index (χ2v) is 6.60. The first-order chi connectivity index (χ1) is 13.2. The zero-order valence-corrected chi connectivity index (χ0v) is 14.9. The number of benzene rings is 1. The lowest BCUT2D eigenvalue weighted by Crippen LogP contribution is -2.36. The lowest BCUT2D eigenvalue weighted by molar-refractivity contribution is 0.0770. The molecule has 27 heavy (non-hydrogen) atoms. The Labute approximate surface area is 156 Å². The molecule has 0 saturated carbocycles. The summed E-state index contributed by atoms with van der Waals surface area (Å²) in [5.41, 5.74) is 0.354. The third-order valence-electron chi connectivity index (χ3n) is 4.75. The van der Waals surface area contributed by atoms with Crippen LogP contribution in [0.4, 0.5) is 10.2 Å². The van der Waals surface area contributed by atoms with Crippen molar-refractivity contribution in [1.29, 1.82) is 0 Å². The number of likely N-dealkylation sites (tertiary alicyclic amines) is 1. The molecule has 0 aliphatic carbocycles. The van der Waals surface area contributed by atoms with E-state index in [0.29, 0.717) is 44.2 Å². The van der Waals surface area contributed by atoms with Crippen molar-refractivity contribution in [3.63, 3.8) is 0 Å². The minimum atomic E-state index is -0.413. The third-order valence-corrected chi connectivity index (χ3v) is 4.75. The van der Waals surface area contributed by atoms with Crippen LogP contribution in [0.15, 0.2) is 36.7 Å². The predicted molar refractivity (Wildman–Crippen MR) is 96.4 cm³/mol. The van der Waals surface area contributed by atoms with Crippen LogP contribution in [-0.2, 0) is 4.74 Å². The highest BCUT2D eigenvalue weighted by Crippen LogP contribution is 2.22. The van der Waals surface area contributed by atoms with Gasteiger partial charge in [-0.1, -0.05) is 6.07 Å². The fourth-order valence-corrected chi connectivity index (χ4v) is 3.34. The second-order valence-electron chi connectivity index (χ2n) is 6.60. The molecule has 1 aromatic heterocycles. The van der Waals surface area contributed by atoms with Gasteiger partial charge in [-0.05, 0) is 18.2 Å². The van der Waals surface area contributed by atoms with Gasteiger partial charge in [-0.2, -0.15) is 0 Å². The van der Waals surface area contributed by atoms with Crippen LogP contribution in [0.5, 0.6) is 5.88 Å². The lowest BCUT2D eigenvalue weighted by atomic mass is 10.2. The number of morpholine rings is 1. The Morgan fingerprint density at radius 2 is 2.04 bits per heavy atom. The van der Waals surface area contributed by atoms with Crippen molar-refractivity contribution in [3.8, 4) is 5.88 Å². The summed E-state index contributed by atoms with van der Waals surface area (Å²) in [6.45, 7) is 3.96. The number of hydrogen-bond acceptors (Lipinski definition) is 6. The quantitative estimate of drug-likeness (QED) is 0.815. The molecule has 2 aromatic rings. The zero-order chi connectivity index (χ0) is 18.6. The molecule has 7 nitrogen and oxygen atoms in total. The van der Waals surface area contributed by atoms with E-state index in [4.69, 9.17) is 9.47 Å². The Balaban J connectivity index is 1.38. The third kappa shape index (κ3) is 4.16. The topological polar surface area (TPSA) is 67.8 Å². The van der Waals surface area contributed by atoms with E-state index in [0.717, 1.165) is 18.9 Å². The zero-order valence-electron chi connectivity index (χ0n) is 14.9. The van der Waals surface area contributed by atoms with E-state index in [-0.39, 0.29) is 12.0 Å². The molecular formula is C19H21FN4O3. The van der Waals surface area contributed by atoms with Crippen LogP contribution in [0, 0.1) is 5.82 Å². The van der Waals surface area contributed by atoms with Gasteiger partial charge in [-0.25, -0.2) is 14.4 Å². The molecule has 8 heteroatoms. The minimum Gasteiger partial charge on any atom is -0.472 e. The summed E-state index contributed by atoms with van der Waals surface area (Å²) in [4.78, 5) is 24.8. The monoisotopic (exact) mass is 372 g/mol. The van der Waals surface area contributed by atoms with Gasteiger partial charge in [0.2, 0.25) is 5.88 Å². The Hall–Kier alpha value is -2.74. The van der Waals surface area contributed by atoms with Gasteiger partial charge < -0.3 is 19.3 Å². The molecule has 3 heterocycles. The summed E-state index contributed by atoms with van der Waals surface area (Å²) in [6, 6.07) is 7.57. The molecule has 0 bridgehead atoms. The number of nitrogens with zero attached hydrogens (tertiary/aromatic N) is 4. The van der Waals surface area contributed by atoms with E-state index in [1.54, 1.807) is 17.0 Å². The van der Waals surface area contributed by atoms with Crippen LogP contribution >= 0.6 is 0 Å². The van der Waals surface area contributed by atoms with Gasteiger partial charge in [0.05, 0.1) is 19.8 Å². The molecule has 0 spiro atoms. The maximum atomic E-state index is 13.3. The standard InChI is InChI=1S/C19H21FN4O3/c20-15-3-1-2-14(10-15)19(25)24-5-4-16(12-24)27-18-11-17(21-13-22-18)23-6-8-26-9-7-23/h1-3,10-11,13,16H,4-9,12H2. The molecule has 1 atom stereocenters. The van der Waals surface area contributed by atoms with E-state index in [1.165, 1.54) is 18.5 Å². The number of aromatic nitrogens is 2. The summed E-state index contributed by atoms with van der Waals surface area (Å²) in [5.74, 6) is 0.715. The average molecular weight is 372 g/mol. The predicted octanol–water partition coefficient (Wildman–Crippen LogP) is 1.75. The number of ether oxygens (including phenoxy) is 2. The van der Waals surface area contributed by atoms with Crippen molar-refractivity contribution in [2.75, 3.05) is 44.3 Å². The number of hydrogen-bond donors (Lipinski definition) is 0. The molecule has 1 aromatic carbocycles. The number of carbonyl (C=O) groups is 1. The van der Waals surface area contributed by atoms with Crippen LogP contribution in [0.3, 0.4) is 0 Å². The van der Waals surface area contributed by atoms with Gasteiger partial charge >= 0.3 is 0 Å². The summed E-state index contributed by atoms with van der Waals surface area (Å²) in [7, 11) is 0. The fourth-order valence-electron chi connectivity index (χ4n) is 3.34. The van der Waals surface area contributed by atoms with Crippen molar-refractivity contribution in [3.05, 3.63) is 48.0 Å². The van der Waals surface area contributed by atoms with Gasteiger partial charge in [0, 0.05) is 37.7 Å². The highest BCUT2D eigenvalue weighted by molar-refractivity contribution is 5.94. The van der Waals surface area contributed by atoms with Gasteiger partial charge in [-0.15, -0.1) is 0 Å². The Morgan fingerprint density at radius 1 is 1.19 bits per heavy atom. The van der Waals surface area contributed by atoms with Crippen molar-refractivity contribution >= 4 is 11.7 Å². The van der Waals surface area contributed by atoms with E-state index in [9.17, 15) is 9.18 Å². The van der Waals surface area contributed by atoms with Crippen LogP contribution in [0.1, 0.15) is 16.8 Å². The first-order valence-corrected chi connectivity index (χ1v) is 9.05. The summed E-state index contributed by atoms with van der Waals surface area (Å²) in [6.07, 6.45) is 2.05. The molecule has 142 valence electrons. The Bertz CT molecular complexity index is 813. The van der Waals surface area contributed by atoms with Crippen LogP contribution in [-0.4, -0.2) is 66.3 Å². The maximum absolute atomic E-state index is 13.3. The normalized spacial score (nSPS) is 20.0. The molecule has 0 N–H and O–H groups in total. The minimum absolute atomic E-state index is 0.144. The first-order valence-electron chi connectivity index (χ1n) is 9.05. The van der Waals surface area contributed by atoms with E-state index >= 15 is 0 Å². The first kappa shape index (κ1) is 17.7. The van der Waals surface area contributed by atoms with E-state index in [1.807, 2.05) is 6.07 Å². The summed E-state index contributed by atoms with van der Waals surface area (Å²) in [5, 5.41) is 0. The number of carbonyl (C=O) groups excluding carboxylic acids is 1. The van der Waals surface area contributed by atoms with Crippen molar-refractivity contribution in [2.24, 2.45) is 0 Å². The number of halogens is 1. The molecule has 2 aliphatic heterocycles. The van der Waals surface area contributed by atoms with E-state index in [2.05, 4.69) is 14.9 Å². The van der Waals surface area contributed by atoms with Gasteiger partial charge in [0.25, 0.3) is 5.91 Å². The van der Waals surface area contributed by atoms with E-state index < -0.39 is 5.82 Å². The summed E-state index contributed by atoms with van der Waals surface area (Å²) >= 11 is 0. The van der Waals surface area contributed by atoms with Gasteiger partial charge in [0.1, 0.15) is 24.1 Å². The van der Waals surface area contributed by atoms with Crippen LogP contribution in [0.25, 0.3) is 0 Å². The molecule has 2 aliphatic rings. The molecule has 0 radical (unpaired) electrons. The number of anilines is 1. The average Bonchev–Trinajstić information content (AvgIpc) is 3.17. The maximum Gasteiger partial charge on any atom is 0.254 e.